The largest absolute Gasteiger partial charge is 0.478 e. The van der Waals surface area contributed by atoms with Crippen LogP contribution in [-0.4, -0.2) is 24.2 Å². The fourth-order valence-corrected chi connectivity index (χ4v) is 2.34. The first-order valence-electron chi connectivity index (χ1n) is 5.76. The average molecular weight is 219 g/mol. The van der Waals surface area contributed by atoms with Gasteiger partial charge in [0.15, 0.2) is 0 Å². The van der Waals surface area contributed by atoms with Gasteiger partial charge in [-0.15, -0.1) is 0 Å². The highest BCUT2D eigenvalue weighted by molar-refractivity contribution is 5.88. The van der Waals surface area contributed by atoms with E-state index in [1.165, 1.54) is 11.1 Å². The molecule has 1 aromatic rings. The number of nitrogens with one attached hydrogen (secondary N) is 1. The molecule has 86 valence electrons. The Hall–Kier alpha value is -1.35. The van der Waals surface area contributed by atoms with E-state index in [2.05, 4.69) is 12.2 Å². The summed E-state index contributed by atoms with van der Waals surface area (Å²) in [7, 11) is 0. The Morgan fingerprint density at radius 3 is 2.88 bits per heavy atom. The van der Waals surface area contributed by atoms with Crippen LogP contribution in [0.15, 0.2) is 18.2 Å². The summed E-state index contributed by atoms with van der Waals surface area (Å²) in [5.41, 5.74) is 2.93. The summed E-state index contributed by atoms with van der Waals surface area (Å²) in [5.74, 6) is -0.211. The minimum Gasteiger partial charge on any atom is -0.478 e. The molecule has 0 saturated heterocycles. The molecule has 0 radical (unpaired) electrons. The predicted octanol–water partition coefficient (Wildman–Crippen LogP) is 1.71. The van der Waals surface area contributed by atoms with Crippen molar-refractivity contribution in [3.05, 3.63) is 34.9 Å². The van der Waals surface area contributed by atoms with Gasteiger partial charge in [0.1, 0.15) is 0 Å². The van der Waals surface area contributed by atoms with Crippen LogP contribution in [0.5, 0.6) is 0 Å². The quantitative estimate of drug-likeness (QED) is 0.810. The molecule has 0 fully saturated rings. The number of hydrogen-bond donors (Lipinski definition) is 2. The summed E-state index contributed by atoms with van der Waals surface area (Å²) < 4.78 is 0. The number of hydrogen-bond acceptors (Lipinski definition) is 2. The highest BCUT2D eigenvalue weighted by Crippen LogP contribution is 2.27. The summed E-state index contributed by atoms with van der Waals surface area (Å²) in [5, 5.41) is 12.3. The molecule has 0 aliphatic heterocycles. The fourth-order valence-electron chi connectivity index (χ4n) is 2.34. The first kappa shape index (κ1) is 11.1. The average Bonchev–Trinajstić information content (AvgIpc) is 2.67. The summed E-state index contributed by atoms with van der Waals surface area (Å²) in [6, 6.07) is 5.49. The lowest BCUT2D eigenvalue weighted by atomic mass is 10.1. The third-order valence-electron chi connectivity index (χ3n) is 3.15. The molecule has 1 aliphatic rings. The van der Waals surface area contributed by atoms with E-state index in [0.717, 1.165) is 25.9 Å². The molecule has 1 aromatic carbocycles. The van der Waals surface area contributed by atoms with Crippen molar-refractivity contribution < 1.29 is 9.90 Å². The molecule has 2 N–H and O–H groups in total. The summed E-state index contributed by atoms with van der Waals surface area (Å²) in [4.78, 5) is 10.8. The maximum Gasteiger partial charge on any atom is 0.335 e. The molecule has 0 saturated carbocycles. The van der Waals surface area contributed by atoms with Crippen LogP contribution in [0.4, 0.5) is 0 Å². The van der Waals surface area contributed by atoms with Crippen molar-refractivity contribution in [2.24, 2.45) is 5.92 Å². The van der Waals surface area contributed by atoms with Gasteiger partial charge in [-0.1, -0.05) is 13.0 Å². The predicted molar refractivity (Wildman–Crippen MR) is 62.8 cm³/mol. The highest BCUT2D eigenvalue weighted by atomic mass is 16.4. The molecule has 0 heterocycles. The van der Waals surface area contributed by atoms with Crippen LogP contribution in [0.25, 0.3) is 0 Å². The van der Waals surface area contributed by atoms with Crippen LogP contribution in [0.3, 0.4) is 0 Å². The van der Waals surface area contributed by atoms with Crippen LogP contribution in [0.1, 0.15) is 28.4 Å². The lowest BCUT2D eigenvalue weighted by Crippen LogP contribution is -2.22. The van der Waals surface area contributed by atoms with Gasteiger partial charge in [0.2, 0.25) is 0 Å². The topological polar surface area (TPSA) is 49.3 Å². The van der Waals surface area contributed by atoms with Gasteiger partial charge in [0.25, 0.3) is 0 Å². The SMILES string of the molecule is CCNCC1Cc2ccc(C(=O)O)cc2C1. The molecule has 0 amide bonds. The van der Waals surface area contributed by atoms with E-state index < -0.39 is 5.97 Å². The van der Waals surface area contributed by atoms with Crippen LogP contribution in [0, 0.1) is 5.92 Å². The lowest BCUT2D eigenvalue weighted by molar-refractivity contribution is 0.0697. The zero-order valence-electron chi connectivity index (χ0n) is 9.49. The maximum absolute atomic E-state index is 10.8. The van der Waals surface area contributed by atoms with Gasteiger partial charge in [-0.25, -0.2) is 4.79 Å². The van der Waals surface area contributed by atoms with Gasteiger partial charge in [-0.05, 0) is 55.1 Å². The van der Waals surface area contributed by atoms with Gasteiger partial charge in [-0.3, -0.25) is 0 Å². The van der Waals surface area contributed by atoms with Gasteiger partial charge in [0.05, 0.1) is 5.56 Å². The number of aromatic carboxylic acids is 1. The number of rotatable bonds is 4. The van der Waals surface area contributed by atoms with Crippen molar-refractivity contribution in [1.29, 1.82) is 0 Å². The van der Waals surface area contributed by atoms with E-state index in [4.69, 9.17) is 5.11 Å². The van der Waals surface area contributed by atoms with E-state index in [0.29, 0.717) is 11.5 Å². The maximum atomic E-state index is 10.8. The minimum absolute atomic E-state index is 0.405. The first-order chi connectivity index (χ1) is 7.70. The number of carbonyl (C=O) groups is 1. The molecule has 0 bridgehead atoms. The Balaban J connectivity index is 2.09. The standard InChI is InChI=1S/C13H17NO2/c1-2-14-8-9-5-10-3-4-11(13(15)16)7-12(10)6-9/h3-4,7,9,14H,2,5-6,8H2,1H3,(H,15,16). The van der Waals surface area contributed by atoms with Gasteiger partial charge in [0, 0.05) is 0 Å². The molecule has 16 heavy (non-hydrogen) atoms. The van der Waals surface area contributed by atoms with Crippen LogP contribution in [0.2, 0.25) is 0 Å². The van der Waals surface area contributed by atoms with E-state index >= 15 is 0 Å². The number of benzene rings is 1. The normalized spacial score (nSPS) is 18.4. The highest BCUT2D eigenvalue weighted by Gasteiger charge is 2.21. The Labute approximate surface area is 95.5 Å². The second kappa shape index (κ2) is 4.66. The van der Waals surface area contributed by atoms with E-state index in [9.17, 15) is 4.79 Å². The van der Waals surface area contributed by atoms with E-state index in [-0.39, 0.29) is 0 Å². The summed E-state index contributed by atoms with van der Waals surface area (Å²) in [6.07, 6.45) is 2.08. The monoisotopic (exact) mass is 219 g/mol. The zero-order chi connectivity index (χ0) is 11.5. The van der Waals surface area contributed by atoms with Crippen molar-refractivity contribution >= 4 is 5.97 Å². The molecule has 1 unspecified atom stereocenters. The second-order valence-corrected chi connectivity index (χ2v) is 4.37. The molecular formula is C13H17NO2. The van der Waals surface area contributed by atoms with Crippen molar-refractivity contribution in [3.63, 3.8) is 0 Å². The third kappa shape index (κ3) is 2.25. The second-order valence-electron chi connectivity index (χ2n) is 4.37. The van der Waals surface area contributed by atoms with Gasteiger partial charge >= 0.3 is 5.97 Å². The molecule has 0 aromatic heterocycles. The van der Waals surface area contributed by atoms with Crippen molar-refractivity contribution in [1.82, 2.24) is 5.32 Å². The molecular weight excluding hydrogens is 202 g/mol. The zero-order valence-corrected chi connectivity index (χ0v) is 9.49. The lowest BCUT2D eigenvalue weighted by Gasteiger charge is -2.08. The molecule has 1 aliphatic carbocycles. The Morgan fingerprint density at radius 1 is 1.44 bits per heavy atom. The third-order valence-corrected chi connectivity index (χ3v) is 3.15. The number of carboxylic acids is 1. The number of fused-ring (bicyclic) bond motifs is 1. The van der Waals surface area contributed by atoms with Crippen LogP contribution < -0.4 is 5.32 Å². The Bertz CT molecular complexity index is 401. The van der Waals surface area contributed by atoms with E-state index in [1.807, 2.05) is 12.1 Å². The Morgan fingerprint density at radius 2 is 2.19 bits per heavy atom. The van der Waals surface area contributed by atoms with Crippen LogP contribution in [-0.2, 0) is 12.8 Å². The van der Waals surface area contributed by atoms with Crippen molar-refractivity contribution in [2.45, 2.75) is 19.8 Å². The molecule has 3 heteroatoms. The van der Waals surface area contributed by atoms with Gasteiger partial charge in [-0.2, -0.15) is 0 Å². The fraction of sp³-hybridized carbons (Fsp3) is 0.462. The summed E-state index contributed by atoms with van der Waals surface area (Å²) in [6.45, 7) is 4.12. The molecule has 2 rings (SSSR count). The van der Waals surface area contributed by atoms with Crippen molar-refractivity contribution in [2.75, 3.05) is 13.1 Å². The number of carboxylic acid groups (broad SMARTS) is 1. The minimum atomic E-state index is -0.835. The molecule has 1 atom stereocenters. The smallest absolute Gasteiger partial charge is 0.335 e. The van der Waals surface area contributed by atoms with Gasteiger partial charge < -0.3 is 10.4 Å². The molecule has 0 spiro atoms. The van der Waals surface area contributed by atoms with Crippen molar-refractivity contribution in [3.8, 4) is 0 Å². The van der Waals surface area contributed by atoms with E-state index in [1.54, 1.807) is 6.07 Å². The Kier molecular flexibility index (Phi) is 3.25. The summed E-state index contributed by atoms with van der Waals surface area (Å²) >= 11 is 0. The molecule has 3 nitrogen and oxygen atoms in total. The van der Waals surface area contributed by atoms with Crippen LogP contribution >= 0.6 is 0 Å². The first-order valence-corrected chi connectivity index (χ1v) is 5.76.